The first-order valence-corrected chi connectivity index (χ1v) is 17.0. The van der Waals surface area contributed by atoms with Crippen molar-refractivity contribution in [2.24, 2.45) is 0 Å². The van der Waals surface area contributed by atoms with Crippen LogP contribution in [0.3, 0.4) is 0 Å². The average Bonchev–Trinajstić information content (AvgIpc) is 3.26. The van der Waals surface area contributed by atoms with Crippen LogP contribution in [0.15, 0.2) is 48.5 Å². The van der Waals surface area contributed by atoms with Crippen LogP contribution < -0.4 is 43.4 Å². The summed E-state index contributed by atoms with van der Waals surface area (Å²) in [6.07, 6.45) is 9.35. The molecule has 4 saturated heterocycles. The number of nitrogens with zero attached hydrogens (tertiary/aromatic N) is 2. The minimum atomic E-state index is -0.180. The van der Waals surface area contributed by atoms with Gasteiger partial charge >= 0.3 is 11.9 Å². The van der Waals surface area contributed by atoms with E-state index in [4.69, 9.17) is 18.9 Å². The van der Waals surface area contributed by atoms with Gasteiger partial charge in [-0.1, -0.05) is 0 Å². The predicted octanol–water partition coefficient (Wildman–Crippen LogP) is -0.0513. The number of benzene rings is 2. The first-order valence-electron chi connectivity index (χ1n) is 17.0. The van der Waals surface area contributed by atoms with Crippen LogP contribution in [0.25, 0.3) is 0 Å². The lowest BCUT2D eigenvalue weighted by atomic mass is 9.95. The van der Waals surface area contributed by atoms with E-state index in [0.717, 1.165) is 59.2 Å². The van der Waals surface area contributed by atoms with E-state index in [0.29, 0.717) is 30.6 Å². The van der Waals surface area contributed by atoms with Gasteiger partial charge in [0.25, 0.3) is 0 Å². The Morgan fingerprint density at radius 2 is 0.915 bits per heavy atom. The summed E-state index contributed by atoms with van der Waals surface area (Å²) in [7, 11) is 8.13. The number of halogens is 2. The number of carbonyl (C=O) groups excluding carboxylic acids is 2. The van der Waals surface area contributed by atoms with Crippen LogP contribution in [-0.2, 0) is 32.2 Å². The zero-order valence-electron chi connectivity index (χ0n) is 28.4. The second-order valence-corrected chi connectivity index (χ2v) is 14.5. The second kappa shape index (κ2) is 16.0. The highest BCUT2D eigenvalue weighted by atomic mass is 79.9. The van der Waals surface area contributed by atoms with Crippen LogP contribution in [-0.4, -0.2) is 85.6 Å². The van der Waals surface area contributed by atoms with Crippen LogP contribution in [0.5, 0.6) is 11.5 Å². The highest BCUT2D eigenvalue weighted by Gasteiger charge is 2.53. The van der Waals surface area contributed by atoms with Gasteiger partial charge in [0.2, 0.25) is 0 Å². The molecule has 0 amide bonds. The summed E-state index contributed by atoms with van der Waals surface area (Å²) in [6, 6.07) is 18.8. The average molecular weight is 781 g/mol. The van der Waals surface area contributed by atoms with Gasteiger partial charge in [0.1, 0.15) is 36.8 Å². The zero-order valence-corrected chi connectivity index (χ0v) is 31.5. The van der Waals surface area contributed by atoms with Crippen molar-refractivity contribution >= 4 is 11.9 Å². The molecule has 4 fully saturated rings. The number of quaternary nitrogens is 2. The summed E-state index contributed by atoms with van der Waals surface area (Å²) >= 11 is 0. The van der Waals surface area contributed by atoms with E-state index in [-0.39, 0.29) is 71.0 Å². The van der Waals surface area contributed by atoms with Crippen molar-refractivity contribution in [2.45, 2.75) is 120 Å². The molecule has 4 aliphatic heterocycles. The van der Waals surface area contributed by atoms with Gasteiger partial charge in [-0.2, -0.15) is 0 Å². The minimum absolute atomic E-state index is 0. The summed E-state index contributed by atoms with van der Waals surface area (Å²) < 4.78 is 24.6. The van der Waals surface area contributed by atoms with Crippen LogP contribution in [0.2, 0.25) is 0 Å². The molecule has 47 heavy (non-hydrogen) atoms. The fourth-order valence-corrected chi connectivity index (χ4v) is 9.21. The molecule has 4 aliphatic rings. The summed E-state index contributed by atoms with van der Waals surface area (Å²) in [6.45, 7) is 1.98. The Labute approximate surface area is 301 Å². The molecule has 0 spiro atoms. The molecule has 0 N–H and O–H groups in total. The molecule has 8 nitrogen and oxygen atoms in total. The highest BCUT2D eigenvalue weighted by molar-refractivity contribution is 5.72. The molecule has 2 aromatic carbocycles. The molecule has 4 bridgehead atoms. The smallest absolute Gasteiger partial charge is 0.306 e. The topological polar surface area (TPSA) is 71.1 Å². The van der Waals surface area contributed by atoms with Crippen molar-refractivity contribution in [3.05, 3.63) is 59.7 Å². The summed E-state index contributed by atoms with van der Waals surface area (Å²) in [4.78, 5) is 25.6. The number of hydrogen-bond donors (Lipinski definition) is 0. The molecule has 2 aromatic rings. The summed E-state index contributed by atoms with van der Waals surface area (Å²) in [5.41, 5.74) is 2.64. The molecule has 260 valence electrons. The van der Waals surface area contributed by atoms with Crippen LogP contribution in [0.4, 0.5) is 0 Å². The van der Waals surface area contributed by atoms with Gasteiger partial charge in [-0.15, -0.1) is 0 Å². The molecular formula is C37H52Br2N2O6. The van der Waals surface area contributed by atoms with E-state index < -0.39 is 0 Å². The predicted molar refractivity (Wildman–Crippen MR) is 171 cm³/mol. The zero-order chi connectivity index (χ0) is 31.6. The van der Waals surface area contributed by atoms with Gasteiger partial charge in [-0.25, -0.2) is 0 Å². The molecule has 6 rings (SSSR count). The molecule has 0 radical (unpaired) electrons. The van der Waals surface area contributed by atoms with Gasteiger partial charge in [0.15, 0.2) is 0 Å². The largest absolute Gasteiger partial charge is 1.00 e. The lowest BCUT2D eigenvalue weighted by Crippen LogP contribution is -3.00. The molecule has 10 heteroatoms. The van der Waals surface area contributed by atoms with Crippen LogP contribution >= 0.6 is 0 Å². The maximum absolute atomic E-state index is 12.8. The molecule has 4 atom stereocenters. The van der Waals surface area contributed by atoms with Crippen molar-refractivity contribution in [1.82, 2.24) is 0 Å². The maximum Gasteiger partial charge on any atom is 0.306 e. The van der Waals surface area contributed by atoms with E-state index in [1.165, 1.54) is 36.8 Å². The van der Waals surface area contributed by atoms with E-state index in [9.17, 15) is 9.59 Å². The number of rotatable bonds is 12. The SMILES string of the molecule is COc1ccc(C[N+]2(C)C3CCC2CC(OC(=O)CCCC(=O)OC2CC4CCC(C2)[N+]4(C)Cc2ccc(OC)cc2)C3)cc1.[Br-].[Br-]. The lowest BCUT2D eigenvalue weighted by Gasteiger charge is -2.47. The van der Waals surface area contributed by atoms with Crippen LogP contribution in [0.1, 0.15) is 81.8 Å². The Morgan fingerprint density at radius 3 is 1.21 bits per heavy atom. The summed E-state index contributed by atoms with van der Waals surface area (Å²) in [5, 5.41) is 0. The van der Waals surface area contributed by atoms with Crippen molar-refractivity contribution in [2.75, 3.05) is 28.3 Å². The summed E-state index contributed by atoms with van der Waals surface area (Å²) in [5.74, 6) is 1.40. The molecule has 0 saturated carbocycles. The minimum Gasteiger partial charge on any atom is -1.00 e. The number of fused-ring (bicyclic) bond motifs is 4. The third kappa shape index (κ3) is 8.36. The van der Waals surface area contributed by atoms with E-state index in [1.807, 2.05) is 24.3 Å². The number of carbonyl (C=O) groups is 2. The number of piperidine rings is 2. The Hall–Kier alpha value is -2.14. The Balaban J connectivity index is 0.00000250. The molecule has 0 aromatic heterocycles. The number of esters is 2. The third-order valence-corrected chi connectivity index (χ3v) is 11.9. The Kier molecular flexibility index (Phi) is 12.9. The van der Waals surface area contributed by atoms with Crippen LogP contribution in [0, 0.1) is 0 Å². The fourth-order valence-electron chi connectivity index (χ4n) is 9.21. The quantitative estimate of drug-likeness (QED) is 0.223. The van der Waals surface area contributed by atoms with Gasteiger partial charge in [0, 0.05) is 75.3 Å². The number of ether oxygens (including phenoxy) is 4. The maximum atomic E-state index is 12.8. The number of methoxy groups -OCH3 is 2. The van der Waals surface area contributed by atoms with E-state index >= 15 is 0 Å². The van der Waals surface area contributed by atoms with E-state index in [2.05, 4.69) is 38.4 Å². The fraction of sp³-hybridized carbons (Fsp3) is 0.622. The third-order valence-electron chi connectivity index (χ3n) is 11.9. The van der Waals surface area contributed by atoms with Crippen molar-refractivity contribution in [1.29, 1.82) is 0 Å². The Bertz CT molecular complexity index is 1210. The van der Waals surface area contributed by atoms with E-state index in [1.54, 1.807) is 14.2 Å². The first kappa shape index (κ1) is 37.7. The number of hydrogen-bond acceptors (Lipinski definition) is 6. The molecular weight excluding hydrogens is 728 g/mol. The normalized spacial score (nSPS) is 32.0. The van der Waals surface area contributed by atoms with Gasteiger partial charge < -0.3 is 61.9 Å². The molecule has 4 heterocycles. The molecule has 0 aliphatic carbocycles. The standard InChI is InChI=1S/C37H52N2O6.2BrH/c1-38(24-26-8-16-32(42-3)17-9-26)28-12-13-29(38)21-34(20-28)44-36(40)6-5-7-37(41)45-35-22-30-14-15-31(23-35)39(30,2)25-27-10-18-33(43-4)19-11-27;;/h8-11,16-19,28-31,34-35H,5-7,12-15,20-25H2,1-4H3;2*1H/q+2;;/p-2. The molecule has 4 unspecified atom stereocenters. The second-order valence-electron chi connectivity index (χ2n) is 14.5. The monoisotopic (exact) mass is 778 g/mol. The van der Waals surface area contributed by atoms with Gasteiger partial charge in [-0.3, -0.25) is 9.59 Å². The highest BCUT2D eigenvalue weighted by Crippen LogP contribution is 2.45. The van der Waals surface area contributed by atoms with Crippen molar-refractivity contribution in [3.8, 4) is 11.5 Å². The van der Waals surface area contributed by atoms with Crippen molar-refractivity contribution in [3.63, 3.8) is 0 Å². The Morgan fingerprint density at radius 1 is 0.596 bits per heavy atom. The van der Waals surface area contributed by atoms with Gasteiger partial charge in [-0.05, 0) is 55.0 Å². The van der Waals surface area contributed by atoms with Crippen molar-refractivity contribution < 1.29 is 71.5 Å². The van der Waals surface area contributed by atoms with Gasteiger partial charge in [0.05, 0.1) is 52.5 Å². The lowest BCUT2D eigenvalue weighted by molar-refractivity contribution is -0.961. The first-order chi connectivity index (χ1) is 21.7.